The molecule has 124 valence electrons. The minimum absolute atomic E-state index is 0.0243. The van der Waals surface area contributed by atoms with Crippen LogP contribution in [0.5, 0.6) is 0 Å². The molecule has 8 heteroatoms. The Bertz CT molecular complexity index is 491. The first-order chi connectivity index (χ1) is 10.1. The summed E-state index contributed by atoms with van der Waals surface area (Å²) in [6, 6.07) is 1.90. The maximum Gasteiger partial charge on any atom is 0.416 e. The van der Waals surface area contributed by atoms with Gasteiger partial charge >= 0.3 is 12.4 Å². The van der Waals surface area contributed by atoms with Gasteiger partial charge < -0.3 is 5.32 Å². The summed E-state index contributed by atoms with van der Waals surface area (Å²) in [7, 11) is 0. The fourth-order valence-corrected chi connectivity index (χ4v) is 2.52. The Morgan fingerprint density at radius 2 is 1.59 bits per heavy atom. The molecule has 1 heterocycles. The molecule has 0 spiro atoms. The molecule has 2 rings (SSSR count). The van der Waals surface area contributed by atoms with E-state index in [1.165, 1.54) is 0 Å². The molecule has 1 atom stereocenters. The van der Waals surface area contributed by atoms with Crippen LogP contribution < -0.4 is 5.32 Å². The van der Waals surface area contributed by atoms with E-state index in [2.05, 4.69) is 5.32 Å². The van der Waals surface area contributed by atoms with Gasteiger partial charge in [0.15, 0.2) is 0 Å². The summed E-state index contributed by atoms with van der Waals surface area (Å²) >= 11 is 0. The fraction of sp³-hybridized carbons (Fsp3) is 0.571. The molecule has 0 bridgehead atoms. The number of hydrogen-bond donors (Lipinski definition) is 1. The minimum atomic E-state index is -4.80. The number of nitrogens with zero attached hydrogens (tertiary/aromatic N) is 1. The van der Waals surface area contributed by atoms with Gasteiger partial charge in [0.2, 0.25) is 0 Å². The third-order valence-corrected chi connectivity index (χ3v) is 3.51. The molecule has 2 nitrogen and oxygen atoms in total. The number of piperazine rings is 1. The molecule has 1 aliphatic heterocycles. The van der Waals surface area contributed by atoms with Crippen LogP contribution in [-0.4, -0.2) is 30.6 Å². The van der Waals surface area contributed by atoms with E-state index in [4.69, 9.17) is 0 Å². The molecule has 0 unspecified atom stereocenters. The van der Waals surface area contributed by atoms with Gasteiger partial charge in [0.25, 0.3) is 0 Å². The van der Waals surface area contributed by atoms with Gasteiger partial charge in [-0.05, 0) is 30.7 Å². The van der Waals surface area contributed by atoms with Crippen LogP contribution in [0.15, 0.2) is 18.2 Å². The maximum atomic E-state index is 12.8. The van der Waals surface area contributed by atoms with Crippen molar-refractivity contribution in [2.75, 3.05) is 19.6 Å². The summed E-state index contributed by atoms with van der Waals surface area (Å²) in [6.45, 7) is 3.81. The topological polar surface area (TPSA) is 15.3 Å². The lowest BCUT2D eigenvalue weighted by atomic mass is 10.0. The van der Waals surface area contributed by atoms with Crippen LogP contribution in [-0.2, 0) is 18.9 Å². The Hall–Kier alpha value is -1.28. The van der Waals surface area contributed by atoms with Crippen molar-refractivity contribution in [1.29, 1.82) is 0 Å². The molecule has 1 aromatic rings. The number of halogens is 6. The Kier molecular flexibility index (Phi) is 4.72. The van der Waals surface area contributed by atoms with Crippen LogP contribution in [0.4, 0.5) is 26.3 Å². The first-order valence-electron chi connectivity index (χ1n) is 6.80. The van der Waals surface area contributed by atoms with Gasteiger partial charge in [-0.3, -0.25) is 4.90 Å². The molecule has 1 fully saturated rings. The standard InChI is InChI=1S/C14H16F6N2/c1-9-7-22(3-2-21-9)8-10-4-11(13(15,16)17)6-12(5-10)14(18,19)20/h4-6,9,21H,2-3,7-8H2,1H3/t9-/m0/s1. The van der Waals surface area contributed by atoms with Crippen molar-refractivity contribution in [1.82, 2.24) is 10.2 Å². The van der Waals surface area contributed by atoms with Gasteiger partial charge in [0, 0.05) is 32.2 Å². The molecule has 0 radical (unpaired) electrons. The van der Waals surface area contributed by atoms with E-state index in [-0.39, 0.29) is 24.2 Å². The van der Waals surface area contributed by atoms with Crippen LogP contribution in [0.2, 0.25) is 0 Å². The summed E-state index contributed by atoms with van der Waals surface area (Å²) in [4.78, 5) is 1.84. The molecule has 1 N–H and O–H groups in total. The first kappa shape index (κ1) is 17.1. The van der Waals surface area contributed by atoms with Gasteiger partial charge in [0.1, 0.15) is 0 Å². The normalized spacial score (nSPS) is 21.1. The number of alkyl halides is 6. The van der Waals surface area contributed by atoms with Crippen LogP contribution in [0.25, 0.3) is 0 Å². The average Bonchev–Trinajstić information content (AvgIpc) is 2.36. The molecule has 1 aliphatic rings. The molecule has 1 saturated heterocycles. The van der Waals surface area contributed by atoms with Crippen molar-refractivity contribution in [2.45, 2.75) is 31.9 Å². The van der Waals surface area contributed by atoms with Crippen LogP contribution in [0.1, 0.15) is 23.6 Å². The smallest absolute Gasteiger partial charge is 0.312 e. The Labute approximate surface area is 124 Å². The third kappa shape index (κ3) is 4.36. The van der Waals surface area contributed by atoms with Crippen molar-refractivity contribution in [3.8, 4) is 0 Å². The highest BCUT2D eigenvalue weighted by Gasteiger charge is 2.37. The van der Waals surface area contributed by atoms with Crippen LogP contribution >= 0.6 is 0 Å². The second kappa shape index (κ2) is 6.08. The van der Waals surface area contributed by atoms with Crippen molar-refractivity contribution in [2.24, 2.45) is 0 Å². The maximum absolute atomic E-state index is 12.8. The lowest BCUT2D eigenvalue weighted by molar-refractivity contribution is -0.143. The molecular weight excluding hydrogens is 310 g/mol. The quantitative estimate of drug-likeness (QED) is 0.837. The molecule has 1 aromatic carbocycles. The number of nitrogens with one attached hydrogen (secondary N) is 1. The summed E-state index contributed by atoms with van der Waals surface area (Å²) in [5, 5.41) is 3.17. The summed E-state index contributed by atoms with van der Waals surface area (Å²) < 4.78 is 76.7. The summed E-state index contributed by atoms with van der Waals surface area (Å²) in [5.41, 5.74) is -2.50. The number of benzene rings is 1. The monoisotopic (exact) mass is 326 g/mol. The van der Waals surface area contributed by atoms with Crippen molar-refractivity contribution in [3.63, 3.8) is 0 Å². The zero-order valence-corrected chi connectivity index (χ0v) is 11.9. The predicted octanol–water partition coefficient (Wildman–Crippen LogP) is 3.52. The summed E-state index contributed by atoms with van der Waals surface area (Å²) in [5.74, 6) is 0. The number of rotatable bonds is 2. The lowest BCUT2D eigenvalue weighted by Gasteiger charge is -2.32. The highest BCUT2D eigenvalue weighted by Crippen LogP contribution is 2.36. The van der Waals surface area contributed by atoms with Crippen molar-refractivity contribution in [3.05, 3.63) is 34.9 Å². The van der Waals surface area contributed by atoms with Crippen LogP contribution in [0, 0.1) is 0 Å². The lowest BCUT2D eigenvalue weighted by Crippen LogP contribution is -2.48. The molecule has 0 amide bonds. The van der Waals surface area contributed by atoms with E-state index >= 15 is 0 Å². The first-order valence-corrected chi connectivity index (χ1v) is 6.80. The summed E-state index contributed by atoms with van der Waals surface area (Å²) in [6.07, 6.45) is -9.60. The second-order valence-corrected chi connectivity index (χ2v) is 5.50. The molecule has 22 heavy (non-hydrogen) atoms. The molecule has 0 aliphatic carbocycles. The van der Waals surface area contributed by atoms with E-state index < -0.39 is 23.5 Å². The average molecular weight is 326 g/mol. The zero-order chi connectivity index (χ0) is 16.5. The Balaban J connectivity index is 2.29. The van der Waals surface area contributed by atoms with Gasteiger partial charge in [-0.1, -0.05) is 0 Å². The van der Waals surface area contributed by atoms with Gasteiger partial charge in [-0.15, -0.1) is 0 Å². The largest absolute Gasteiger partial charge is 0.416 e. The van der Waals surface area contributed by atoms with Gasteiger partial charge in [-0.2, -0.15) is 26.3 Å². The molecule has 0 aromatic heterocycles. The van der Waals surface area contributed by atoms with E-state index in [0.717, 1.165) is 12.1 Å². The third-order valence-electron chi connectivity index (χ3n) is 3.51. The highest BCUT2D eigenvalue weighted by atomic mass is 19.4. The Morgan fingerprint density at radius 1 is 1.05 bits per heavy atom. The van der Waals surface area contributed by atoms with Gasteiger partial charge in [-0.25, -0.2) is 0 Å². The highest BCUT2D eigenvalue weighted by molar-refractivity contribution is 5.33. The zero-order valence-electron chi connectivity index (χ0n) is 11.9. The van der Waals surface area contributed by atoms with E-state index in [1.54, 1.807) is 0 Å². The van der Waals surface area contributed by atoms with E-state index in [1.807, 2.05) is 11.8 Å². The SMILES string of the molecule is C[C@H]1CN(Cc2cc(C(F)(F)F)cc(C(F)(F)F)c2)CCN1. The molecule has 0 saturated carbocycles. The second-order valence-electron chi connectivity index (χ2n) is 5.50. The predicted molar refractivity (Wildman–Crippen MR) is 69.2 cm³/mol. The van der Waals surface area contributed by atoms with E-state index in [9.17, 15) is 26.3 Å². The van der Waals surface area contributed by atoms with E-state index in [0.29, 0.717) is 19.6 Å². The van der Waals surface area contributed by atoms with Crippen molar-refractivity contribution < 1.29 is 26.3 Å². The fourth-order valence-electron chi connectivity index (χ4n) is 2.52. The minimum Gasteiger partial charge on any atom is -0.312 e. The van der Waals surface area contributed by atoms with Crippen LogP contribution in [0.3, 0.4) is 0 Å². The molecular formula is C14H16F6N2. The van der Waals surface area contributed by atoms with Crippen molar-refractivity contribution >= 4 is 0 Å². The Morgan fingerprint density at radius 3 is 2.05 bits per heavy atom. The van der Waals surface area contributed by atoms with Gasteiger partial charge in [0.05, 0.1) is 11.1 Å². The number of hydrogen-bond acceptors (Lipinski definition) is 2.